The number of allylic oxidation sites excluding steroid dienone is 2. The molecular formula is C20H27NO3. The molecule has 0 spiro atoms. The molecule has 24 heavy (non-hydrogen) atoms. The smallest absolute Gasteiger partial charge is 0.209 e. The highest BCUT2D eigenvalue weighted by Crippen LogP contribution is 2.19. The summed E-state index contributed by atoms with van der Waals surface area (Å²) in [6.07, 6.45) is 10.4. The Bertz CT molecular complexity index is 592. The molecule has 0 amide bonds. The molecule has 4 nitrogen and oxygen atoms in total. The second-order valence-corrected chi connectivity index (χ2v) is 6.28. The van der Waals surface area contributed by atoms with Crippen LogP contribution < -0.4 is 5.32 Å². The zero-order valence-corrected chi connectivity index (χ0v) is 14.2. The number of carbonyl (C=O) groups excluding carboxylic acids is 2. The highest BCUT2D eigenvalue weighted by Gasteiger charge is 2.24. The van der Waals surface area contributed by atoms with E-state index in [1.165, 1.54) is 31.8 Å². The Balaban J connectivity index is 1.63. The number of carbonyl (C=O) groups is 2. The third-order valence-electron chi connectivity index (χ3n) is 4.36. The lowest BCUT2D eigenvalue weighted by molar-refractivity contribution is 0.0978. The van der Waals surface area contributed by atoms with Gasteiger partial charge < -0.3 is 10.4 Å². The number of aliphatic hydroxyl groups excluding tert-OH is 1. The van der Waals surface area contributed by atoms with Crippen molar-refractivity contribution in [2.24, 2.45) is 0 Å². The number of benzene rings is 1. The zero-order valence-electron chi connectivity index (χ0n) is 14.2. The van der Waals surface area contributed by atoms with Gasteiger partial charge in [-0.05, 0) is 12.8 Å². The minimum atomic E-state index is -0.101. The monoisotopic (exact) mass is 329 g/mol. The summed E-state index contributed by atoms with van der Waals surface area (Å²) in [6.45, 7) is 1.02. The summed E-state index contributed by atoms with van der Waals surface area (Å²) in [5, 5.41) is 11.8. The highest BCUT2D eigenvalue weighted by atomic mass is 16.2. The second kappa shape index (κ2) is 10.0. The van der Waals surface area contributed by atoms with Crippen molar-refractivity contribution in [1.29, 1.82) is 0 Å². The quantitative estimate of drug-likeness (QED) is 0.608. The van der Waals surface area contributed by atoms with Gasteiger partial charge in [0.1, 0.15) is 0 Å². The number of Topliss-reactive ketones (excluding diaryl/α,β-unsaturated/α-hetero) is 1. The van der Waals surface area contributed by atoms with E-state index in [1.54, 1.807) is 24.3 Å². The average molecular weight is 329 g/mol. The van der Waals surface area contributed by atoms with E-state index in [-0.39, 0.29) is 11.6 Å². The van der Waals surface area contributed by atoms with Gasteiger partial charge in [0.15, 0.2) is 5.78 Å². The van der Waals surface area contributed by atoms with Gasteiger partial charge in [-0.1, -0.05) is 62.8 Å². The molecule has 0 atom stereocenters. The van der Waals surface area contributed by atoms with E-state index >= 15 is 0 Å². The highest BCUT2D eigenvalue weighted by molar-refractivity contribution is 6.24. The lowest BCUT2D eigenvalue weighted by atomic mass is 9.93. The maximum Gasteiger partial charge on any atom is 0.209 e. The fraction of sp³-hybridized carbons (Fsp3) is 0.500. The van der Waals surface area contributed by atoms with E-state index < -0.39 is 0 Å². The Morgan fingerprint density at radius 1 is 0.792 bits per heavy atom. The van der Waals surface area contributed by atoms with Gasteiger partial charge in [0.25, 0.3) is 0 Å². The van der Waals surface area contributed by atoms with Crippen LogP contribution in [0.5, 0.6) is 0 Å². The summed E-state index contributed by atoms with van der Waals surface area (Å²) in [6, 6.07) is 6.97. The predicted molar refractivity (Wildman–Crippen MR) is 95.2 cm³/mol. The lowest BCUT2D eigenvalue weighted by Gasteiger charge is -2.16. The Hall–Kier alpha value is -1.94. The van der Waals surface area contributed by atoms with Crippen molar-refractivity contribution in [2.75, 3.05) is 13.2 Å². The van der Waals surface area contributed by atoms with E-state index in [0.717, 1.165) is 32.2 Å². The first-order valence-electron chi connectivity index (χ1n) is 8.98. The standard InChI is InChI=1S/C20H27NO3/c22-14-10-6-4-2-1-3-5-9-13-21-18-15-19(23)16-11-7-8-12-17(16)20(18)24/h7-8,11-12,15,21-22H,1-6,9-10,13-14H2. The molecule has 0 saturated heterocycles. The number of rotatable bonds is 11. The van der Waals surface area contributed by atoms with Gasteiger partial charge in [0, 0.05) is 30.4 Å². The summed E-state index contributed by atoms with van der Waals surface area (Å²) in [5.41, 5.74) is 1.41. The van der Waals surface area contributed by atoms with E-state index in [9.17, 15) is 9.59 Å². The van der Waals surface area contributed by atoms with Crippen LogP contribution in [0, 0.1) is 0 Å². The van der Waals surface area contributed by atoms with Gasteiger partial charge in [-0.15, -0.1) is 0 Å². The van der Waals surface area contributed by atoms with Crippen LogP contribution in [0.25, 0.3) is 0 Å². The van der Waals surface area contributed by atoms with Crippen molar-refractivity contribution >= 4 is 11.6 Å². The molecule has 1 aromatic carbocycles. The van der Waals surface area contributed by atoms with Gasteiger partial charge in [-0.25, -0.2) is 0 Å². The van der Waals surface area contributed by atoms with Gasteiger partial charge >= 0.3 is 0 Å². The molecule has 130 valence electrons. The maximum absolute atomic E-state index is 12.4. The third kappa shape index (κ3) is 5.31. The number of fused-ring (bicyclic) bond motifs is 1. The topological polar surface area (TPSA) is 66.4 Å². The molecular weight excluding hydrogens is 302 g/mol. The molecule has 1 aliphatic rings. The second-order valence-electron chi connectivity index (χ2n) is 6.28. The van der Waals surface area contributed by atoms with E-state index in [0.29, 0.717) is 23.4 Å². The van der Waals surface area contributed by atoms with Crippen LogP contribution in [0.15, 0.2) is 36.0 Å². The fourth-order valence-corrected chi connectivity index (χ4v) is 2.97. The maximum atomic E-state index is 12.4. The van der Waals surface area contributed by atoms with Gasteiger partial charge in [-0.3, -0.25) is 9.59 Å². The largest absolute Gasteiger partial charge is 0.396 e. The van der Waals surface area contributed by atoms with E-state index in [1.807, 2.05) is 0 Å². The first-order valence-corrected chi connectivity index (χ1v) is 8.98. The molecule has 0 saturated carbocycles. The fourth-order valence-electron chi connectivity index (χ4n) is 2.97. The molecule has 0 radical (unpaired) electrons. The number of hydrogen-bond donors (Lipinski definition) is 2. The molecule has 0 heterocycles. The van der Waals surface area contributed by atoms with Crippen LogP contribution in [-0.4, -0.2) is 29.8 Å². The zero-order chi connectivity index (χ0) is 17.2. The molecule has 1 aliphatic carbocycles. The summed E-state index contributed by atoms with van der Waals surface area (Å²) in [4.78, 5) is 24.4. The van der Waals surface area contributed by atoms with Crippen LogP contribution >= 0.6 is 0 Å². The predicted octanol–water partition coefficient (Wildman–Crippen LogP) is 3.65. The summed E-state index contributed by atoms with van der Waals surface area (Å²) >= 11 is 0. The molecule has 2 N–H and O–H groups in total. The Morgan fingerprint density at radius 3 is 2.04 bits per heavy atom. The van der Waals surface area contributed by atoms with Crippen LogP contribution in [-0.2, 0) is 0 Å². The molecule has 4 heteroatoms. The normalized spacial score (nSPS) is 13.6. The molecule has 0 fully saturated rings. The minimum absolute atomic E-state index is 0.0888. The van der Waals surface area contributed by atoms with Crippen molar-refractivity contribution in [3.05, 3.63) is 47.2 Å². The Labute approximate surface area is 144 Å². The van der Waals surface area contributed by atoms with Crippen molar-refractivity contribution < 1.29 is 14.7 Å². The number of aliphatic hydroxyl groups is 1. The number of ketones is 2. The van der Waals surface area contributed by atoms with Gasteiger partial charge in [0.2, 0.25) is 5.78 Å². The molecule has 0 bridgehead atoms. The minimum Gasteiger partial charge on any atom is -0.396 e. The summed E-state index contributed by atoms with van der Waals surface area (Å²) < 4.78 is 0. The van der Waals surface area contributed by atoms with E-state index in [4.69, 9.17) is 5.11 Å². The SMILES string of the molecule is O=C1C=C(NCCCCCCCCCCO)C(=O)c2ccccc21. The first kappa shape index (κ1) is 18.4. The number of unbranched alkanes of at least 4 members (excludes halogenated alkanes) is 7. The summed E-state index contributed by atoms with van der Waals surface area (Å²) in [5.74, 6) is -0.190. The van der Waals surface area contributed by atoms with Crippen molar-refractivity contribution in [2.45, 2.75) is 51.4 Å². The number of hydrogen-bond acceptors (Lipinski definition) is 4. The number of nitrogens with one attached hydrogen (secondary N) is 1. The van der Waals surface area contributed by atoms with Gasteiger partial charge in [-0.2, -0.15) is 0 Å². The molecule has 0 aliphatic heterocycles. The first-order chi connectivity index (χ1) is 11.7. The van der Waals surface area contributed by atoms with Crippen LogP contribution in [0.4, 0.5) is 0 Å². The van der Waals surface area contributed by atoms with Crippen molar-refractivity contribution in [3.63, 3.8) is 0 Å². The van der Waals surface area contributed by atoms with Gasteiger partial charge in [0.05, 0.1) is 5.70 Å². The van der Waals surface area contributed by atoms with E-state index in [2.05, 4.69) is 5.32 Å². The Kier molecular flexibility index (Phi) is 7.69. The Morgan fingerprint density at radius 2 is 1.38 bits per heavy atom. The summed E-state index contributed by atoms with van der Waals surface area (Å²) in [7, 11) is 0. The lowest BCUT2D eigenvalue weighted by Crippen LogP contribution is -2.27. The third-order valence-corrected chi connectivity index (χ3v) is 4.36. The van der Waals surface area contributed by atoms with Crippen molar-refractivity contribution in [1.82, 2.24) is 5.32 Å². The molecule has 1 aromatic rings. The van der Waals surface area contributed by atoms with Crippen molar-refractivity contribution in [3.8, 4) is 0 Å². The molecule has 2 rings (SSSR count). The molecule has 0 aromatic heterocycles. The van der Waals surface area contributed by atoms with Crippen LogP contribution in [0.2, 0.25) is 0 Å². The average Bonchev–Trinajstić information content (AvgIpc) is 2.60. The molecule has 0 unspecified atom stereocenters. The van der Waals surface area contributed by atoms with Crippen LogP contribution in [0.1, 0.15) is 72.1 Å². The van der Waals surface area contributed by atoms with Crippen LogP contribution in [0.3, 0.4) is 0 Å².